The van der Waals surface area contributed by atoms with Crippen molar-refractivity contribution >= 4 is 27.5 Å². The van der Waals surface area contributed by atoms with Crippen LogP contribution in [0.5, 0.6) is 5.75 Å². The summed E-state index contributed by atoms with van der Waals surface area (Å²) in [5.41, 5.74) is 1.01. The van der Waals surface area contributed by atoms with Crippen molar-refractivity contribution in [3.05, 3.63) is 58.6 Å². The van der Waals surface area contributed by atoms with Gasteiger partial charge in [0.2, 0.25) is 0 Å². The molecule has 0 heterocycles. The van der Waals surface area contributed by atoms with Gasteiger partial charge in [0.25, 0.3) is 5.91 Å². The molecule has 6 heteroatoms. The van der Waals surface area contributed by atoms with Gasteiger partial charge in [0.05, 0.1) is 18.3 Å². The molecule has 0 aliphatic rings. The fourth-order valence-electron chi connectivity index (χ4n) is 2.12. The number of hydrogen-bond donors (Lipinski definition) is 2. The van der Waals surface area contributed by atoms with Gasteiger partial charge in [-0.25, -0.2) is 0 Å². The highest BCUT2D eigenvalue weighted by atomic mass is 79.9. The monoisotopic (exact) mass is 388 g/mol. The van der Waals surface area contributed by atoms with Crippen molar-refractivity contribution in [1.29, 1.82) is 5.26 Å². The van der Waals surface area contributed by atoms with E-state index in [2.05, 4.69) is 27.3 Å². The van der Waals surface area contributed by atoms with Gasteiger partial charge >= 0.3 is 0 Å². The molecule has 0 saturated carbocycles. The molecule has 2 rings (SSSR count). The largest absolute Gasteiger partial charge is 0.488 e. The normalized spacial score (nSPS) is 11.4. The molecule has 124 valence electrons. The molecule has 0 bridgehead atoms. The third-order valence-corrected chi connectivity index (χ3v) is 3.92. The maximum Gasteiger partial charge on any atom is 0.279 e. The number of nitriles is 1. The fourth-order valence-corrected chi connectivity index (χ4v) is 2.38. The number of halogens is 1. The summed E-state index contributed by atoms with van der Waals surface area (Å²) in [6, 6.07) is 16.7. The van der Waals surface area contributed by atoms with Crippen molar-refractivity contribution in [3.8, 4) is 11.8 Å². The van der Waals surface area contributed by atoms with Crippen molar-refractivity contribution in [2.75, 3.05) is 32.1 Å². The molecule has 0 aliphatic carbocycles. The number of amides is 1. The Balaban J connectivity index is 1.75. The van der Waals surface area contributed by atoms with E-state index in [9.17, 15) is 4.79 Å². The molecular weight excluding hydrogens is 370 g/mol. The van der Waals surface area contributed by atoms with Gasteiger partial charge in [-0.05, 0) is 36.4 Å². The highest BCUT2D eigenvalue weighted by molar-refractivity contribution is 9.10. The number of carbonyl (C=O) groups excluding carboxylic acids is 1. The minimum atomic E-state index is -0.126. The topological polar surface area (TPSA) is 66.6 Å². The second kappa shape index (κ2) is 9.06. The van der Waals surface area contributed by atoms with E-state index in [1.807, 2.05) is 31.3 Å². The Kier molecular flexibility index (Phi) is 6.79. The van der Waals surface area contributed by atoms with Gasteiger partial charge in [-0.1, -0.05) is 28.1 Å². The summed E-state index contributed by atoms with van der Waals surface area (Å²) in [5.74, 6) is 0.678. The van der Waals surface area contributed by atoms with Gasteiger partial charge in [-0.2, -0.15) is 5.26 Å². The number of hydrogen-bond acceptors (Lipinski definition) is 3. The van der Waals surface area contributed by atoms with Crippen LogP contribution in [0.25, 0.3) is 0 Å². The molecule has 1 unspecified atom stereocenters. The lowest BCUT2D eigenvalue weighted by Crippen LogP contribution is -3.10. The van der Waals surface area contributed by atoms with E-state index in [0.29, 0.717) is 30.9 Å². The van der Waals surface area contributed by atoms with E-state index in [1.165, 1.54) is 0 Å². The zero-order valence-corrected chi connectivity index (χ0v) is 15.0. The average Bonchev–Trinajstić information content (AvgIpc) is 2.57. The van der Waals surface area contributed by atoms with Crippen LogP contribution < -0.4 is 15.0 Å². The van der Waals surface area contributed by atoms with Crippen LogP contribution in [0.3, 0.4) is 0 Å². The lowest BCUT2D eigenvalue weighted by molar-refractivity contribution is -0.871. The van der Waals surface area contributed by atoms with Gasteiger partial charge < -0.3 is 15.0 Å². The van der Waals surface area contributed by atoms with Crippen LogP contribution >= 0.6 is 15.9 Å². The highest BCUT2D eigenvalue weighted by Gasteiger charge is 2.12. The number of likely N-dealkylation sites (N-methyl/N-ethyl adjacent to an activating group) is 1. The Morgan fingerprint density at radius 3 is 2.67 bits per heavy atom. The van der Waals surface area contributed by atoms with E-state index in [1.54, 1.807) is 24.3 Å². The van der Waals surface area contributed by atoms with Crippen molar-refractivity contribution in [2.24, 2.45) is 0 Å². The molecule has 2 N–H and O–H groups in total. The lowest BCUT2D eigenvalue weighted by atomic mass is 10.2. The SMILES string of the molecule is C[NH+](CCOc1ccc(Br)cc1)CC(=O)Nc1ccccc1C#N. The standard InChI is InChI=1S/C18H18BrN3O2/c1-22(10-11-24-16-8-6-15(19)7-9-16)13-18(23)21-17-5-3-2-4-14(17)12-20/h2-9H,10-11,13H2,1H3,(H,21,23)/p+1. The minimum absolute atomic E-state index is 0.126. The summed E-state index contributed by atoms with van der Waals surface area (Å²) in [5, 5.41) is 11.8. The van der Waals surface area contributed by atoms with Gasteiger partial charge in [-0.15, -0.1) is 0 Å². The van der Waals surface area contributed by atoms with Gasteiger partial charge in [0.1, 0.15) is 25.0 Å². The number of nitrogens with zero attached hydrogens (tertiary/aromatic N) is 1. The second-order valence-electron chi connectivity index (χ2n) is 5.39. The average molecular weight is 389 g/mol. The number of rotatable bonds is 7. The number of quaternary nitrogens is 1. The molecule has 0 spiro atoms. The quantitative estimate of drug-likeness (QED) is 0.760. The van der Waals surface area contributed by atoms with E-state index in [4.69, 9.17) is 10.00 Å². The van der Waals surface area contributed by atoms with Gasteiger partial charge in [0.15, 0.2) is 6.54 Å². The van der Waals surface area contributed by atoms with Crippen molar-refractivity contribution in [2.45, 2.75) is 0 Å². The molecule has 1 atom stereocenters. The summed E-state index contributed by atoms with van der Waals surface area (Å²) in [7, 11) is 1.93. The first kappa shape index (κ1) is 18.0. The number of carbonyl (C=O) groups is 1. The Hall–Kier alpha value is -2.36. The van der Waals surface area contributed by atoms with Gasteiger partial charge in [0, 0.05) is 4.47 Å². The zero-order chi connectivity index (χ0) is 17.4. The summed E-state index contributed by atoms with van der Waals surface area (Å²) in [6.45, 7) is 1.53. The molecule has 0 radical (unpaired) electrons. The van der Waals surface area contributed by atoms with E-state index in [-0.39, 0.29) is 5.91 Å². The molecule has 0 fully saturated rings. The van der Waals surface area contributed by atoms with Crippen molar-refractivity contribution < 1.29 is 14.4 Å². The number of nitrogens with one attached hydrogen (secondary N) is 2. The zero-order valence-electron chi connectivity index (χ0n) is 13.4. The van der Waals surface area contributed by atoms with Crippen molar-refractivity contribution in [3.63, 3.8) is 0 Å². The third kappa shape index (κ3) is 5.69. The minimum Gasteiger partial charge on any atom is -0.488 e. The summed E-state index contributed by atoms with van der Waals surface area (Å²) < 4.78 is 6.66. The van der Waals surface area contributed by atoms with E-state index < -0.39 is 0 Å². The number of para-hydroxylation sites is 1. The molecule has 0 aliphatic heterocycles. The maximum atomic E-state index is 12.1. The second-order valence-corrected chi connectivity index (χ2v) is 6.31. The molecule has 1 amide bonds. The molecule has 24 heavy (non-hydrogen) atoms. The lowest BCUT2D eigenvalue weighted by Gasteiger charge is -2.14. The first-order valence-electron chi connectivity index (χ1n) is 7.57. The van der Waals surface area contributed by atoms with E-state index >= 15 is 0 Å². The third-order valence-electron chi connectivity index (χ3n) is 3.40. The van der Waals surface area contributed by atoms with Crippen LogP contribution in [0.1, 0.15) is 5.56 Å². The highest BCUT2D eigenvalue weighted by Crippen LogP contribution is 2.15. The molecule has 0 saturated heterocycles. The van der Waals surface area contributed by atoms with Crippen LogP contribution in [0.2, 0.25) is 0 Å². The molecule has 5 nitrogen and oxygen atoms in total. The van der Waals surface area contributed by atoms with Crippen LogP contribution in [-0.2, 0) is 4.79 Å². The predicted octanol–water partition coefficient (Wildman–Crippen LogP) is 1.85. The Morgan fingerprint density at radius 1 is 1.25 bits per heavy atom. The first-order valence-corrected chi connectivity index (χ1v) is 8.36. The molecular formula is C18H19BrN3O2+. The Bertz CT molecular complexity index is 726. The van der Waals surface area contributed by atoms with Crippen LogP contribution in [0, 0.1) is 11.3 Å². The Labute approximate surface area is 150 Å². The van der Waals surface area contributed by atoms with Gasteiger partial charge in [-0.3, -0.25) is 4.79 Å². The predicted molar refractivity (Wildman–Crippen MR) is 96.0 cm³/mol. The Morgan fingerprint density at radius 2 is 1.96 bits per heavy atom. The number of anilines is 1. The summed E-state index contributed by atoms with van der Waals surface area (Å²) in [4.78, 5) is 13.1. The van der Waals surface area contributed by atoms with Crippen LogP contribution in [-0.4, -0.2) is 32.7 Å². The maximum absolute atomic E-state index is 12.1. The number of ether oxygens (including phenoxy) is 1. The van der Waals surface area contributed by atoms with Crippen molar-refractivity contribution in [1.82, 2.24) is 0 Å². The molecule has 0 aromatic heterocycles. The van der Waals surface area contributed by atoms with Crippen LogP contribution in [0.4, 0.5) is 5.69 Å². The molecule has 2 aromatic carbocycles. The summed E-state index contributed by atoms with van der Waals surface area (Å²) >= 11 is 3.38. The fraction of sp³-hybridized carbons (Fsp3) is 0.222. The smallest absolute Gasteiger partial charge is 0.279 e. The first-order chi connectivity index (χ1) is 11.6. The molecule has 2 aromatic rings. The number of benzene rings is 2. The van der Waals surface area contributed by atoms with E-state index in [0.717, 1.165) is 15.1 Å². The summed E-state index contributed by atoms with van der Waals surface area (Å²) in [6.07, 6.45) is 0. The van der Waals surface area contributed by atoms with Crippen LogP contribution in [0.15, 0.2) is 53.0 Å².